The van der Waals surface area contributed by atoms with Gasteiger partial charge in [-0.1, -0.05) is 27.7 Å². The number of fused-ring (bicyclic) bond motifs is 4. The summed E-state index contributed by atoms with van der Waals surface area (Å²) in [6.45, 7) is 9.67. The maximum Gasteiger partial charge on any atom is 0.351 e. The largest absolute Gasteiger partial charge is 0.454 e. The van der Waals surface area contributed by atoms with E-state index in [1.54, 1.807) is 13.8 Å². The average molecular weight is 551 g/mol. The molecular weight excluding hydrogens is 516 g/mol. The van der Waals surface area contributed by atoms with Crippen LogP contribution in [-0.4, -0.2) is 83.3 Å². The summed E-state index contributed by atoms with van der Waals surface area (Å²) in [5.74, 6) is -2.43. The third-order valence-electron chi connectivity index (χ3n) is 12.1. The number of carbonyl (C=O) groups excluding carboxylic acids is 4. The molecule has 3 aliphatic carbocycles. The van der Waals surface area contributed by atoms with Gasteiger partial charge in [0, 0.05) is 10.8 Å². The van der Waals surface area contributed by atoms with Gasteiger partial charge in [0.15, 0.2) is 12.2 Å². The molecule has 1 N–H and O–H groups in total. The molecule has 0 aromatic heterocycles. The zero-order chi connectivity index (χ0) is 28.1. The Hall–Kier alpha value is -2.28. The van der Waals surface area contributed by atoms with E-state index < -0.39 is 99.8 Å². The van der Waals surface area contributed by atoms with Crippen LogP contribution in [0.5, 0.6) is 0 Å². The fraction of sp³-hybridized carbons (Fsp3) is 0.852. The summed E-state index contributed by atoms with van der Waals surface area (Å²) >= 11 is 0. The molecule has 5 aliphatic heterocycles. The molecular formula is C27H34O12. The van der Waals surface area contributed by atoms with Gasteiger partial charge in [-0.15, -0.1) is 0 Å². The van der Waals surface area contributed by atoms with Crippen LogP contribution < -0.4 is 0 Å². The van der Waals surface area contributed by atoms with Crippen LogP contribution in [0.4, 0.5) is 0 Å². The number of rotatable bonds is 4. The summed E-state index contributed by atoms with van der Waals surface area (Å²) < 4.78 is 40.4. The molecule has 39 heavy (non-hydrogen) atoms. The first-order chi connectivity index (χ1) is 18.1. The molecule has 3 saturated carbocycles. The van der Waals surface area contributed by atoms with E-state index in [-0.39, 0.29) is 0 Å². The summed E-state index contributed by atoms with van der Waals surface area (Å²) in [5.41, 5.74) is -6.37. The van der Waals surface area contributed by atoms with Crippen LogP contribution in [-0.2, 0) is 52.3 Å². The quantitative estimate of drug-likeness (QED) is 0.391. The predicted octanol–water partition coefficient (Wildman–Crippen LogP) is 0.895. The van der Waals surface area contributed by atoms with Gasteiger partial charge in [0.25, 0.3) is 6.48 Å². The van der Waals surface area contributed by atoms with Crippen LogP contribution in [0.15, 0.2) is 0 Å². The minimum atomic E-state index is -1.50. The first-order valence-electron chi connectivity index (χ1n) is 13.6. The molecule has 0 amide bonds. The zero-order valence-corrected chi connectivity index (χ0v) is 22.8. The highest BCUT2D eigenvalue weighted by Gasteiger charge is 2.79. The summed E-state index contributed by atoms with van der Waals surface area (Å²) in [6, 6.07) is 0. The van der Waals surface area contributed by atoms with Crippen molar-refractivity contribution in [3.8, 4) is 0 Å². The molecule has 8 fully saturated rings. The van der Waals surface area contributed by atoms with Crippen LogP contribution >= 0.6 is 0 Å². The van der Waals surface area contributed by atoms with Gasteiger partial charge in [0.05, 0.1) is 10.8 Å². The molecule has 3 unspecified atom stereocenters. The maximum absolute atomic E-state index is 13.7. The predicted molar refractivity (Wildman–Crippen MR) is 124 cm³/mol. The van der Waals surface area contributed by atoms with Gasteiger partial charge in [0.1, 0.15) is 24.4 Å². The number of hydrogen-bond acceptors (Lipinski definition) is 12. The van der Waals surface area contributed by atoms with Crippen molar-refractivity contribution in [1.29, 1.82) is 0 Å². The highest BCUT2D eigenvalue weighted by Crippen LogP contribution is 2.67. The normalized spacial score (nSPS) is 53.1. The van der Waals surface area contributed by atoms with Crippen molar-refractivity contribution in [1.82, 2.24) is 0 Å². The third kappa shape index (κ3) is 2.57. The van der Waals surface area contributed by atoms with Crippen LogP contribution in [0.1, 0.15) is 67.2 Å². The van der Waals surface area contributed by atoms with E-state index in [0.29, 0.717) is 25.7 Å². The summed E-state index contributed by atoms with van der Waals surface area (Å²) in [5, 5.41) is 11.1. The van der Waals surface area contributed by atoms with Gasteiger partial charge in [0.2, 0.25) is 11.2 Å². The van der Waals surface area contributed by atoms with Gasteiger partial charge in [-0.2, -0.15) is 0 Å². The van der Waals surface area contributed by atoms with E-state index in [1.807, 2.05) is 27.7 Å². The van der Waals surface area contributed by atoms with Crippen molar-refractivity contribution >= 4 is 23.9 Å². The number of aliphatic hydroxyl groups is 1. The Kier molecular flexibility index (Phi) is 4.69. The summed E-state index contributed by atoms with van der Waals surface area (Å²) in [7, 11) is 0. The molecule has 0 spiro atoms. The first kappa shape index (κ1) is 25.7. The fourth-order valence-corrected chi connectivity index (χ4v) is 8.20. The van der Waals surface area contributed by atoms with E-state index in [4.69, 9.17) is 33.2 Å². The first-order valence-corrected chi connectivity index (χ1v) is 13.6. The Labute approximate surface area is 224 Å². The van der Waals surface area contributed by atoms with E-state index >= 15 is 0 Å². The lowest BCUT2D eigenvalue weighted by atomic mass is 9.66. The lowest BCUT2D eigenvalue weighted by Gasteiger charge is -2.57. The van der Waals surface area contributed by atoms with Crippen molar-refractivity contribution in [2.45, 2.75) is 122 Å². The van der Waals surface area contributed by atoms with E-state index in [9.17, 15) is 24.3 Å². The lowest BCUT2D eigenvalue weighted by molar-refractivity contribution is -0.481. The standard InChI is InChI=1S/C27H34O12/c1-22(2)24(5)7-9-26(22,38-17(24)29)19(31)33-14-12-11(28)13-15(16(14)37-21(35-12)36-13)34-20(32)27-10-8-25(6,18(30)39-27)23(27,3)4/h11-16,21,28H,7-10H2,1-6H3/t11?,12-,13+,14-,15-,16?,21?,24+,25+,26-,27-/m1/s1. The minimum absolute atomic E-state index is 0.294. The number of hydrogen-bond donors (Lipinski definition) is 1. The van der Waals surface area contributed by atoms with Crippen LogP contribution in [0.2, 0.25) is 0 Å². The highest BCUT2D eigenvalue weighted by atomic mass is 16.9. The lowest BCUT2D eigenvalue weighted by Crippen LogP contribution is -2.77. The second-order valence-corrected chi connectivity index (χ2v) is 13.7. The van der Waals surface area contributed by atoms with Gasteiger partial charge >= 0.3 is 23.9 Å². The third-order valence-corrected chi connectivity index (χ3v) is 12.1. The molecule has 0 radical (unpaired) electrons. The maximum atomic E-state index is 13.7. The van der Waals surface area contributed by atoms with Crippen molar-refractivity contribution in [2.75, 3.05) is 0 Å². The monoisotopic (exact) mass is 550 g/mol. The molecule has 12 nitrogen and oxygen atoms in total. The average Bonchev–Trinajstić information content (AvgIpc) is 3.33. The SMILES string of the molecule is CC1(C)[C@@]2(C)CC[C@]1(C(=O)O[C@H]1C3OC4O[C@@H]1C(O)[C@H](O4)[C@H]3OC(=O)[C@@]13CC[C@@](C)(C(=O)O1)C3(C)C)OC2=O. The van der Waals surface area contributed by atoms with Gasteiger partial charge in [-0.05, 0) is 39.5 Å². The van der Waals surface area contributed by atoms with E-state index in [1.165, 1.54) is 0 Å². The summed E-state index contributed by atoms with van der Waals surface area (Å²) in [6.07, 6.45) is -5.19. The summed E-state index contributed by atoms with van der Waals surface area (Å²) in [4.78, 5) is 52.9. The molecule has 8 aliphatic rings. The van der Waals surface area contributed by atoms with Crippen molar-refractivity contribution in [3.05, 3.63) is 0 Å². The smallest absolute Gasteiger partial charge is 0.351 e. The molecule has 0 aromatic rings. The zero-order valence-electron chi connectivity index (χ0n) is 22.8. The van der Waals surface area contributed by atoms with Crippen LogP contribution in [0.3, 0.4) is 0 Å². The van der Waals surface area contributed by atoms with Crippen molar-refractivity contribution in [3.63, 3.8) is 0 Å². The Balaban J connectivity index is 1.17. The minimum Gasteiger partial charge on any atom is -0.454 e. The van der Waals surface area contributed by atoms with E-state index in [0.717, 1.165) is 0 Å². The molecule has 0 aromatic carbocycles. The molecule has 12 heteroatoms. The number of esters is 4. The molecule has 8 rings (SSSR count). The molecule has 5 heterocycles. The Morgan fingerprint density at radius 3 is 1.41 bits per heavy atom. The van der Waals surface area contributed by atoms with Crippen molar-refractivity contribution in [2.24, 2.45) is 21.7 Å². The molecule has 11 atom stereocenters. The fourth-order valence-electron chi connectivity index (χ4n) is 8.20. The molecule has 214 valence electrons. The Bertz CT molecular complexity index is 1120. The van der Waals surface area contributed by atoms with Crippen LogP contribution in [0.25, 0.3) is 0 Å². The van der Waals surface area contributed by atoms with Gasteiger partial charge < -0.3 is 38.3 Å². The topological polar surface area (TPSA) is 153 Å². The Morgan fingerprint density at radius 1 is 0.692 bits per heavy atom. The number of aliphatic hydroxyl groups excluding tert-OH is 1. The van der Waals surface area contributed by atoms with Crippen molar-refractivity contribution < 1.29 is 57.4 Å². The Morgan fingerprint density at radius 2 is 1.08 bits per heavy atom. The second kappa shape index (κ2) is 7.13. The molecule has 8 bridgehead atoms. The highest BCUT2D eigenvalue weighted by molar-refractivity contribution is 5.94. The second-order valence-electron chi connectivity index (χ2n) is 13.7. The van der Waals surface area contributed by atoms with Gasteiger partial charge in [-0.3, -0.25) is 9.59 Å². The molecule has 5 saturated heterocycles. The van der Waals surface area contributed by atoms with E-state index in [2.05, 4.69) is 0 Å². The number of ether oxygens (including phenoxy) is 7. The number of carbonyl (C=O) groups is 4. The van der Waals surface area contributed by atoms with Gasteiger partial charge in [-0.25, -0.2) is 9.59 Å². The van der Waals surface area contributed by atoms with Crippen LogP contribution in [0, 0.1) is 21.7 Å².